The van der Waals surface area contributed by atoms with Crippen LogP contribution in [-0.2, 0) is 4.79 Å². The molecule has 0 fully saturated rings. The predicted molar refractivity (Wildman–Crippen MR) is 75.3 cm³/mol. The number of amides is 2. The number of nitrogens with zero attached hydrogens (tertiary/aromatic N) is 3. The van der Waals surface area contributed by atoms with Crippen molar-refractivity contribution < 1.29 is 14.7 Å². The number of aliphatic carboxylic acids is 1. The highest BCUT2D eigenvalue weighted by Gasteiger charge is 2.18. The van der Waals surface area contributed by atoms with E-state index >= 15 is 0 Å². The highest BCUT2D eigenvalue weighted by atomic mass is 16.4. The first-order valence-electron chi connectivity index (χ1n) is 6.82. The van der Waals surface area contributed by atoms with Crippen molar-refractivity contribution in [1.82, 2.24) is 14.7 Å². The van der Waals surface area contributed by atoms with E-state index in [0.717, 1.165) is 13.0 Å². The molecular weight excluding hydrogens is 246 g/mol. The van der Waals surface area contributed by atoms with Gasteiger partial charge in [-0.3, -0.25) is 4.79 Å². The lowest BCUT2D eigenvalue weighted by Gasteiger charge is -2.29. The van der Waals surface area contributed by atoms with E-state index in [1.54, 1.807) is 9.80 Å². The van der Waals surface area contributed by atoms with Gasteiger partial charge >= 0.3 is 12.0 Å². The zero-order chi connectivity index (χ0) is 14.8. The Labute approximate surface area is 116 Å². The van der Waals surface area contributed by atoms with Crippen molar-refractivity contribution in [3.05, 3.63) is 0 Å². The molecule has 0 heterocycles. The Morgan fingerprint density at radius 1 is 0.947 bits per heavy atom. The average molecular weight is 273 g/mol. The van der Waals surface area contributed by atoms with Crippen LogP contribution < -0.4 is 0 Å². The van der Waals surface area contributed by atoms with Gasteiger partial charge in [-0.2, -0.15) is 0 Å². The van der Waals surface area contributed by atoms with Crippen molar-refractivity contribution in [2.45, 2.75) is 26.7 Å². The van der Waals surface area contributed by atoms with Crippen LogP contribution in [0.25, 0.3) is 0 Å². The van der Waals surface area contributed by atoms with E-state index < -0.39 is 5.97 Å². The van der Waals surface area contributed by atoms with Crippen LogP contribution in [0.4, 0.5) is 4.79 Å². The molecule has 0 saturated carbocycles. The minimum absolute atomic E-state index is 0.00513. The molecule has 0 aromatic carbocycles. The summed E-state index contributed by atoms with van der Waals surface area (Å²) < 4.78 is 0. The lowest BCUT2D eigenvalue weighted by molar-refractivity contribution is -0.137. The van der Waals surface area contributed by atoms with Gasteiger partial charge in [0, 0.05) is 26.2 Å². The molecule has 0 unspecified atom stereocenters. The van der Waals surface area contributed by atoms with Crippen LogP contribution >= 0.6 is 0 Å². The molecule has 0 aliphatic carbocycles. The van der Waals surface area contributed by atoms with Gasteiger partial charge in [-0.05, 0) is 40.9 Å². The number of carboxylic acids is 1. The van der Waals surface area contributed by atoms with Crippen molar-refractivity contribution >= 4 is 12.0 Å². The normalized spacial score (nSPS) is 10.6. The maximum Gasteiger partial charge on any atom is 0.319 e. The van der Waals surface area contributed by atoms with Crippen LogP contribution in [-0.4, -0.2) is 78.6 Å². The minimum atomic E-state index is -0.873. The van der Waals surface area contributed by atoms with Gasteiger partial charge in [-0.15, -0.1) is 0 Å². The Kier molecular flexibility index (Phi) is 8.95. The number of hydrogen-bond donors (Lipinski definition) is 1. The summed E-state index contributed by atoms with van der Waals surface area (Å²) in [4.78, 5) is 28.3. The van der Waals surface area contributed by atoms with Gasteiger partial charge in [0.15, 0.2) is 0 Å². The first-order valence-corrected chi connectivity index (χ1v) is 6.82. The third-order valence-electron chi connectivity index (χ3n) is 2.93. The third-order valence-corrected chi connectivity index (χ3v) is 2.93. The Bertz CT molecular complexity index is 282. The van der Waals surface area contributed by atoms with Crippen LogP contribution in [0.1, 0.15) is 26.7 Å². The van der Waals surface area contributed by atoms with Crippen LogP contribution in [0.3, 0.4) is 0 Å². The molecule has 6 nitrogen and oxygen atoms in total. The molecule has 0 aromatic heterocycles. The summed E-state index contributed by atoms with van der Waals surface area (Å²) in [6.45, 7) is 6.91. The molecule has 0 spiro atoms. The SMILES string of the molecule is CCN(CCCN(C)C)C(=O)N(CC)CCC(=O)O. The van der Waals surface area contributed by atoms with Gasteiger partial charge in [-0.25, -0.2) is 4.79 Å². The third kappa shape index (κ3) is 7.66. The standard InChI is InChI=1S/C13H27N3O3/c1-5-15(10-7-9-14(3)4)13(19)16(6-2)11-8-12(17)18/h5-11H2,1-4H3,(H,17,18). The second-order valence-corrected chi connectivity index (χ2v) is 4.74. The fraction of sp³-hybridized carbons (Fsp3) is 0.846. The van der Waals surface area contributed by atoms with Gasteiger partial charge in [0.05, 0.1) is 6.42 Å². The zero-order valence-corrected chi connectivity index (χ0v) is 12.6. The molecule has 6 heteroatoms. The lowest BCUT2D eigenvalue weighted by Crippen LogP contribution is -2.44. The monoisotopic (exact) mass is 273 g/mol. The molecule has 0 atom stereocenters. The maximum absolute atomic E-state index is 12.2. The van der Waals surface area contributed by atoms with Crippen molar-refractivity contribution in [1.29, 1.82) is 0 Å². The Hall–Kier alpha value is -1.30. The Morgan fingerprint density at radius 2 is 1.47 bits per heavy atom. The average Bonchev–Trinajstić information content (AvgIpc) is 2.34. The predicted octanol–water partition coefficient (Wildman–Crippen LogP) is 1.18. The number of hydrogen-bond acceptors (Lipinski definition) is 3. The number of carbonyl (C=O) groups excluding carboxylic acids is 1. The summed E-state index contributed by atoms with van der Waals surface area (Å²) in [5.74, 6) is -0.873. The molecule has 2 amide bonds. The van der Waals surface area contributed by atoms with E-state index in [-0.39, 0.29) is 19.0 Å². The van der Waals surface area contributed by atoms with Crippen LogP contribution in [0, 0.1) is 0 Å². The van der Waals surface area contributed by atoms with Crippen molar-refractivity contribution in [3.63, 3.8) is 0 Å². The van der Waals surface area contributed by atoms with Gasteiger partial charge in [0.25, 0.3) is 0 Å². The van der Waals surface area contributed by atoms with E-state index in [4.69, 9.17) is 5.11 Å². The van der Waals surface area contributed by atoms with Crippen LogP contribution in [0.5, 0.6) is 0 Å². The van der Waals surface area contributed by atoms with Crippen LogP contribution in [0.2, 0.25) is 0 Å². The van der Waals surface area contributed by atoms with Crippen molar-refractivity contribution in [3.8, 4) is 0 Å². The second-order valence-electron chi connectivity index (χ2n) is 4.74. The number of carboxylic acid groups (broad SMARTS) is 1. The van der Waals surface area contributed by atoms with Gasteiger partial charge in [-0.1, -0.05) is 0 Å². The second kappa shape index (κ2) is 9.61. The summed E-state index contributed by atoms with van der Waals surface area (Å²) in [5, 5.41) is 8.68. The zero-order valence-electron chi connectivity index (χ0n) is 12.6. The number of carbonyl (C=O) groups is 2. The van der Waals surface area contributed by atoms with Gasteiger partial charge < -0.3 is 19.8 Å². The Morgan fingerprint density at radius 3 is 1.89 bits per heavy atom. The highest BCUT2D eigenvalue weighted by molar-refractivity contribution is 5.75. The van der Waals surface area contributed by atoms with E-state index in [9.17, 15) is 9.59 Å². The smallest absolute Gasteiger partial charge is 0.319 e. The molecule has 112 valence electrons. The molecular formula is C13H27N3O3. The van der Waals surface area contributed by atoms with E-state index in [0.29, 0.717) is 19.6 Å². The maximum atomic E-state index is 12.2. The van der Waals surface area contributed by atoms with E-state index in [1.807, 2.05) is 27.9 Å². The van der Waals surface area contributed by atoms with Crippen molar-refractivity contribution in [2.24, 2.45) is 0 Å². The molecule has 0 rings (SSSR count). The summed E-state index contributed by atoms with van der Waals surface area (Å²) >= 11 is 0. The molecule has 0 saturated heterocycles. The topological polar surface area (TPSA) is 64.1 Å². The molecule has 0 aliphatic heterocycles. The molecule has 0 radical (unpaired) electrons. The number of rotatable bonds is 9. The summed E-state index contributed by atoms with van der Waals surface area (Å²) in [6.07, 6.45) is 0.915. The first-order chi connectivity index (χ1) is 8.92. The molecule has 0 bridgehead atoms. The lowest BCUT2D eigenvalue weighted by atomic mass is 10.3. The quantitative estimate of drug-likeness (QED) is 0.685. The summed E-state index contributed by atoms with van der Waals surface area (Å²) in [6, 6.07) is -0.0648. The first kappa shape index (κ1) is 17.7. The molecule has 1 N–H and O–H groups in total. The van der Waals surface area contributed by atoms with E-state index in [2.05, 4.69) is 4.90 Å². The van der Waals surface area contributed by atoms with Gasteiger partial charge in [0.1, 0.15) is 0 Å². The fourth-order valence-corrected chi connectivity index (χ4v) is 1.79. The molecule has 19 heavy (non-hydrogen) atoms. The van der Waals surface area contributed by atoms with Crippen LogP contribution in [0.15, 0.2) is 0 Å². The largest absolute Gasteiger partial charge is 0.481 e. The van der Waals surface area contributed by atoms with E-state index in [1.165, 1.54) is 0 Å². The Balaban J connectivity index is 4.31. The van der Waals surface area contributed by atoms with Crippen molar-refractivity contribution in [2.75, 3.05) is 46.8 Å². The number of urea groups is 1. The minimum Gasteiger partial charge on any atom is -0.481 e. The van der Waals surface area contributed by atoms with Gasteiger partial charge in [0.2, 0.25) is 0 Å². The molecule has 0 aliphatic rings. The summed E-state index contributed by atoms with van der Waals surface area (Å²) in [5.41, 5.74) is 0. The fourth-order valence-electron chi connectivity index (χ4n) is 1.79. The summed E-state index contributed by atoms with van der Waals surface area (Å²) in [7, 11) is 4.01. The molecule has 0 aromatic rings. The highest BCUT2D eigenvalue weighted by Crippen LogP contribution is 2.02.